The van der Waals surface area contributed by atoms with Crippen LogP contribution in [-0.4, -0.2) is 11.9 Å². The average molecular weight is 359 g/mol. The Balaban J connectivity index is 2.04. The van der Waals surface area contributed by atoms with Crippen molar-refractivity contribution in [3.63, 3.8) is 0 Å². The van der Waals surface area contributed by atoms with Crippen LogP contribution in [0.25, 0.3) is 0 Å². The first-order valence-corrected chi connectivity index (χ1v) is 8.54. The van der Waals surface area contributed by atoms with E-state index in [1.807, 2.05) is 0 Å². The van der Waals surface area contributed by atoms with Gasteiger partial charge in [0.1, 0.15) is 0 Å². The SMILES string of the molecule is CCC(NC(=O)c1ccc(Cl)cc1Br)C1CCCCC1. The predicted molar refractivity (Wildman–Crippen MR) is 87.3 cm³/mol. The molecule has 1 N–H and O–H groups in total. The van der Waals surface area contributed by atoms with Gasteiger partial charge in [-0.2, -0.15) is 0 Å². The fraction of sp³-hybridized carbons (Fsp3) is 0.562. The summed E-state index contributed by atoms with van der Waals surface area (Å²) in [5.41, 5.74) is 0.656. The number of nitrogens with one attached hydrogen (secondary N) is 1. The van der Waals surface area contributed by atoms with Crippen LogP contribution in [0.2, 0.25) is 5.02 Å². The van der Waals surface area contributed by atoms with Crippen molar-refractivity contribution in [2.75, 3.05) is 0 Å². The lowest BCUT2D eigenvalue weighted by atomic mass is 9.83. The molecule has 1 amide bonds. The number of carbonyl (C=O) groups excluding carboxylic acids is 1. The Morgan fingerprint density at radius 1 is 1.40 bits per heavy atom. The fourth-order valence-electron chi connectivity index (χ4n) is 3.01. The summed E-state index contributed by atoms with van der Waals surface area (Å²) in [6, 6.07) is 5.57. The summed E-state index contributed by atoms with van der Waals surface area (Å²) in [6.45, 7) is 2.15. The minimum atomic E-state index is -0.00837. The normalized spacial score (nSPS) is 17.8. The van der Waals surface area contributed by atoms with Gasteiger partial charge in [0.2, 0.25) is 0 Å². The van der Waals surface area contributed by atoms with E-state index >= 15 is 0 Å². The predicted octanol–water partition coefficient (Wildman–Crippen LogP) is 5.19. The summed E-state index contributed by atoms with van der Waals surface area (Å²) in [6.07, 6.45) is 7.38. The number of amides is 1. The van der Waals surface area contributed by atoms with E-state index in [0.29, 0.717) is 16.5 Å². The van der Waals surface area contributed by atoms with E-state index in [9.17, 15) is 4.79 Å². The summed E-state index contributed by atoms with van der Waals surface area (Å²) in [7, 11) is 0. The molecule has 2 nitrogen and oxygen atoms in total. The lowest BCUT2D eigenvalue weighted by Gasteiger charge is -2.30. The summed E-state index contributed by atoms with van der Waals surface area (Å²) in [4.78, 5) is 12.4. The lowest BCUT2D eigenvalue weighted by molar-refractivity contribution is 0.0910. The second-order valence-electron chi connectivity index (χ2n) is 5.51. The highest BCUT2D eigenvalue weighted by molar-refractivity contribution is 9.10. The largest absolute Gasteiger partial charge is 0.349 e. The molecule has 1 unspecified atom stereocenters. The molecule has 20 heavy (non-hydrogen) atoms. The fourth-order valence-corrected chi connectivity index (χ4v) is 3.87. The molecule has 0 aliphatic heterocycles. The Labute approximate surface area is 134 Å². The zero-order chi connectivity index (χ0) is 14.5. The Kier molecular flexibility index (Phi) is 5.91. The lowest BCUT2D eigenvalue weighted by Crippen LogP contribution is -2.40. The van der Waals surface area contributed by atoms with Gasteiger partial charge in [0.05, 0.1) is 5.56 Å². The number of rotatable bonds is 4. The third-order valence-corrected chi connectivity index (χ3v) is 5.04. The molecule has 0 radical (unpaired) electrons. The molecule has 0 aromatic heterocycles. The van der Waals surface area contributed by atoms with E-state index in [2.05, 4.69) is 28.2 Å². The minimum Gasteiger partial charge on any atom is -0.349 e. The molecule has 1 aromatic rings. The van der Waals surface area contributed by atoms with Crippen molar-refractivity contribution in [2.24, 2.45) is 5.92 Å². The van der Waals surface area contributed by atoms with Gasteiger partial charge in [-0.25, -0.2) is 0 Å². The highest BCUT2D eigenvalue weighted by Gasteiger charge is 2.24. The van der Waals surface area contributed by atoms with Crippen LogP contribution in [0.4, 0.5) is 0 Å². The van der Waals surface area contributed by atoms with Crippen molar-refractivity contribution in [1.29, 1.82) is 0 Å². The Morgan fingerprint density at radius 3 is 2.70 bits per heavy atom. The number of hydrogen-bond donors (Lipinski definition) is 1. The first-order chi connectivity index (χ1) is 9.61. The second kappa shape index (κ2) is 7.46. The molecule has 1 atom stereocenters. The number of hydrogen-bond acceptors (Lipinski definition) is 1. The molecule has 1 fully saturated rings. The van der Waals surface area contributed by atoms with Crippen LogP contribution in [0.1, 0.15) is 55.8 Å². The van der Waals surface area contributed by atoms with Crippen LogP contribution in [0.15, 0.2) is 22.7 Å². The molecule has 1 saturated carbocycles. The minimum absolute atomic E-state index is 0.00837. The third-order valence-electron chi connectivity index (χ3n) is 4.15. The van der Waals surface area contributed by atoms with E-state index in [1.165, 1.54) is 32.1 Å². The molecular weight excluding hydrogens is 338 g/mol. The molecule has 2 rings (SSSR count). The van der Waals surface area contributed by atoms with Crippen LogP contribution >= 0.6 is 27.5 Å². The third kappa shape index (κ3) is 3.98. The first kappa shape index (κ1) is 15.8. The second-order valence-corrected chi connectivity index (χ2v) is 6.80. The van der Waals surface area contributed by atoms with Gasteiger partial charge in [0, 0.05) is 15.5 Å². The van der Waals surface area contributed by atoms with Crippen molar-refractivity contribution >= 4 is 33.4 Å². The summed E-state index contributed by atoms with van der Waals surface area (Å²) in [5, 5.41) is 3.83. The Bertz CT molecular complexity index is 472. The van der Waals surface area contributed by atoms with Crippen molar-refractivity contribution in [3.8, 4) is 0 Å². The Hall–Kier alpha value is -0.540. The molecule has 0 bridgehead atoms. The van der Waals surface area contributed by atoms with Gasteiger partial charge in [0.25, 0.3) is 5.91 Å². The van der Waals surface area contributed by atoms with Gasteiger partial charge in [-0.3, -0.25) is 4.79 Å². The van der Waals surface area contributed by atoms with E-state index in [4.69, 9.17) is 11.6 Å². The van der Waals surface area contributed by atoms with Gasteiger partial charge in [0.15, 0.2) is 0 Å². The first-order valence-electron chi connectivity index (χ1n) is 7.37. The highest BCUT2D eigenvalue weighted by Crippen LogP contribution is 2.28. The molecule has 1 aliphatic carbocycles. The van der Waals surface area contributed by atoms with Crippen LogP contribution in [-0.2, 0) is 0 Å². The monoisotopic (exact) mass is 357 g/mol. The van der Waals surface area contributed by atoms with Gasteiger partial charge in [-0.1, -0.05) is 37.8 Å². The standard InChI is InChI=1S/C16H21BrClNO/c1-2-15(11-6-4-3-5-7-11)19-16(20)13-9-8-12(18)10-14(13)17/h8-11,15H,2-7H2,1H3,(H,19,20). The highest BCUT2D eigenvalue weighted by atomic mass is 79.9. The average Bonchev–Trinajstić information content (AvgIpc) is 2.45. The molecule has 1 aromatic carbocycles. The summed E-state index contributed by atoms with van der Waals surface area (Å²) in [5.74, 6) is 0.620. The summed E-state index contributed by atoms with van der Waals surface area (Å²) >= 11 is 9.32. The van der Waals surface area contributed by atoms with Crippen molar-refractivity contribution < 1.29 is 4.79 Å². The van der Waals surface area contributed by atoms with Gasteiger partial charge < -0.3 is 5.32 Å². The van der Waals surface area contributed by atoms with E-state index in [1.54, 1.807) is 18.2 Å². The van der Waals surface area contributed by atoms with Gasteiger partial charge in [-0.15, -0.1) is 0 Å². The molecular formula is C16H21BrClNO. The van der Waals surface area contributed by atoms with Gasteiger partial charge in [-0.05, 0) is 59.3 Å². The Morgan fingerprint density at radius 2 is 2.10 bits per heavy atom. The van der Waals surface area contributed by atoms with Gasteiger partial charge >= 0.3 is 0 Å². The molecule has 1 aliphatic rings. The topological polar surface area (TPSA) is 29.1 Å². The molecule has 0 saturated heterocycles. The molecule has 4 heteroatoms. The van der Waals surface area contributed by atoms with E-state index < -0.39 is 0 Å². The van der Waals surface area contributed by atoms with Crippen LogP contribution in [0.5, 0.6) is 0 Å². The van der Waals surface area contributed by atoms with E-state index in [0.717, 1.165) is 10.9 Å². The van der Waals surface area contributed by atoms with Crippen LogP contribution < -0.4 is 5.32 Å². The zero-order valence-corrected chi connectivity index (χ0v) is 14.1. The maximum Gasteiger partial charge on any atom is 0.252 e. The molecule has 0 spiro atoms. The number of benzene rings is 1. The number of halogens is 2. The van der Waals surface area contributed by atoms with Crippen molar-refractivity contribution in [2.45, 2.75) is 51.5 Å². The maximum atomic E-state index is 12.4. The molecule has 110 valence electrons. The van der Waals surface area contributed by atoms with Crippen molar-refractivity contribution in [3.05, 3.63) is 33.3 Å². The van der Waals surface area contributed by atoms with Crippen LogP contribution in [0.3, 0.4) is 0 Å². The quantitative estimate of drug-likeness (QED) is 0.788. The smallest absolute Gasteiger partial charge is 0.252 e. The molecule has 0 heterocycles. The maximum absolute atomic E-state index is 12.4. The number of carbonyl (C=O) groups is 1. The van der Waals surface area contributed by atoms with Crippen LogP contribution in [0, 0.1) is 5.92 Å². The van der Waals surface area contributed by atoms with Crippen molar-refractivity contribution in [1.82, 2.24) is 5.32 Å². The summed E-state index contributed by atoms with van der Waals surface area (Å²) < 4.78 is 0.751. The van der Waals surface area contributed by atoms with E-state index in [-0.39, 0.29) is 11.9 Å². The zero-order valence-electron chi connectivity index (χ0n) is 11.8.